The Morgan fingerprint density at radius 2 is 1.90 bits per heavy atom. The van der Waals surface area contributed by atoms with Gasteiger partial charge in [-0.25, -0.2) is 19.2 Å². The number of nitrogens with zero attached hydrogens (tertiary/aromatic N) is 3. The van der Waals surface area contributed by atoms with Crippen molar-refractivity contribution < 1.29 is 19.0 Å². The largest absolute Gasteiger partial charge is 0.492 e. The number of carboxylic acids is 1. The summed E-state index contributed by atoms with van der Waals surface area (Å²) in [6, 6.07) is 1.07. The predicted octanol–water partition coefficient (Wildman–Crippen LogP) is 1.42. The summed E-state index contributed by atoms with van der Waals surface area (Å²) in [6.07, 6.45) is 1.28. The molecule has 0 bridgehead atoms. The summed E-state index contributed by atoms with van der Waals surface area (Å²) < 4.78 is 22.2. The molecule has 0 radical (unpaired) electrons. The fraction of sp³-hybridized carbons (Fsp3) is 0.474. The van der Waals surface area contributed by atoms with Gasteiger partial charge in [0.2, 0.25) is 5.43 Å². The number of nitrogens with two attached hydrogens (primary N) is 1. The number of carbonyl (C=O) groups is 1. The number of halogens is 1. The van der Waals surface area contributed by atoms with Crippen LogP contribution in [-0.2, 0) is 5.54 Å². The average Bonchev–Trinajstić information content (AvgIpc) is 2.63. The van der Waals surface area contributed by atoms with Crippen LogP contribution in [0.15, 0.2) is 17.1 Å². The molecule has 29 heavy (non-hydrogen) atoms. The molecule has 0 atom stereocenters. The van der Waals surface area contributed by atoms with Gasteiger partial charge in [-0.1, -0.05) is 0 Å². The first-order valence-electron chi connectivity index (χ1n) is 9.25. The van der Waals surface area contributed by atoms with Gasteiger partial charge in [-0.3, -0.25) is 10.6 Å². The molecule has 1 fully saturated rings. The number of pyridine rings is 1. The molecular formula is C19H26FN5O4. The second-order valence-electron chi connectivity index (χ2n) is 8.02. The summed E-state index contributed by atoms with van der Waals surface area (Å²) >= 11 is 0. The molecule has 0 saturated carbocycles. The summed E-state index contributed by atoms with van der Waals surface area (Å²) in [5.41, 5.74) is 1.68. The Bertz CT molecular complexity index is 1010. The molecule has 1 aromatic carbocycles. The van der Waals surface area contributed by atoms with E-state index in [-0.39, 0.29) is 16.8 Å². The number of ether oxygens (including phenoxy) is 1. The lowest BCUT2D eigenvalue weighted by Crippen LogP contribution is -2.51. The van der Waals surface area contributed by atoms with Crippen LogP contribution in [0.25, 0.3) is 10.9 Å². The third-order valence-corrected chi connectivity index (χ3v) is 4.94. The van der Waals surface area contributed by atoms with E-state index < -0.39 is 28.3 Å². The number of hydrogen-bond acceptors (Lipinski definition) is 7. The first-order chi connectivity index (χ1) is 13.5. The van der Waals surface area contributed by atoms with Crippen LogP contribution >= 0.6 is 0 Å². The standard InChI is InChI=1S/C19H26FN5O4/c1-19(2,3)25-10-12(18(27)28)16(26)11-9-13(20)14(17(29-4)15(11)25)22-24-7-5-23(21)6-8-24/h9-10,22H,5-8,21H2,1-4H3,(H,27,28). The van der Waals surface area contributed by atoms with Gasteiger partial charge in [0, 0.05) is 37.9 Å². The average molecular weight is 407 g/mol. The maximum atomic E-state index is 15.0. The monoisotopic (exact) mass is 407 g/mol. The quantitative estimate of drug-likeness (QED) is 0.653. The normalized spacial score (nSPS) is 16.2. The van der Waals surface area contributed by atoms with Gasteiger partial charge in [-0.15, -0.1) is 0 Å². The molecule has 0 spiro atoms. The zero-order valence-corrected chi connectivity index (χ0v) is 17.0. The van der Waals surface area contributed by atoms with Gasteiger partial charge >= 0.3 is 5.97 Å². The van der Waals surface area contributed by atoms with Crippen molar-refractivity contribution in [1.82, 2.24) is 14.6 Å². The summed E-state index contributed by atoms with van der Waals surface area (Å²) in [6.45, 7) is 7.94. The van der Waals surface area contributed by atoms with Crippen LogP contribution in [0, 0.1) is 5.82 Å². The minimum Gasteiger partial charge on any atom is -0.492 e. The van der Waals surface area contributed by atoms with Crippen molar-refractivity contribution in [3.63, 3.8) is 0 Å². The third-order valence-electron chi connectivity index (χ3n) is 4.94. The minimum absolute atomic E-state index is 0.0495. The first kappa shape index (κ1) is 21.0. The number of hydrogen-bond donors (Lipinski definition) is 3. The first-order valence-corrected chi connectivity index (χ1v) is 9.25. The Morgan fingerprint density at radius 3 is 2.41 bits per heavy atom. The van der Waals surface area contributed by atoms with Crippen molar-refractivity contribution in [2.24, 2.45) is 5.84 Å². The van der Waals surface area contributed by atoms with Crippen LogP contribution in [-0.4, -0.2) is 58.9 Å². The van der Waals surface area contributed by atoms with Crippen molar-refractivity contribution in [3.05, 3.63) is 33.9 Å². The molecule has 10 heteroatoms. The number of benzene rings is 1. The Morgan fingerprint density at radius 1 is 1.28 bits per heavy atom. The molecular weight excluding hydrogens is 381 g/mol. The molecule has 2 aromatic rings. The zero-order chi connectivity index (χ0) is 21.5. The smallest absolute Gasteiger partial charge is 0.341 e. The maximum absolute atomic E-state index is 15.0. The number of aromatic carboxylic acids is 1. The molecule has 158 valence electrons. The molecule has 9 nitrogen and oxygen atoms in total. The van der Waals surface area contributed by atoms with E-state index in [0.29, 0.717) is 31.7 Å². The molecule has 0 unspecified atom stereocenters. The highest BCUT2D eigenvalue weighted by Crippen LogP contribution is 2.37. The molecule has 1 aliphatic rings. The van der Waals surface area contributed by atoms with E-state index in [2.05, 4.69) is 5.43 Å². The second kappa shape index (κ2) is 7.62. The number of piperazine rings is 1. The number of hydrazine groups is 2. The van der Waals surface area contributed by atoms with Gasteiger partial charge in [0.1, 0.15) is 11.3 Å². The van der Waals surface area contributed by atoms with E-state index in [1.54, 1.807) is 9.58 Å². The molecule has 1 aliphatic heterocycles. The van der Waals surface area contributed by atoms with Gasteiger partial charge in [0.15, 0.2) is 11.6 Å². The summed E-state index contributed by atoms with van der Waals surface area (Å²) in [7, 11) is 1.39. The summed E-state index contributed by atoms with van der Waals surface area (Å²) in [4.78, 5) is 24.3. The van der Waals surface area contributed by atoms with Crippen LogP contribution in [0.1, 0.15) is 31.1 Å². The maximum Gasteiger partial charge on any atom is 0.341 e. The lowest BCUT2D eigenvalue weighted by molar-refractivity contribution is 0.0694. The molecule has 1 aromatic heterocycles. The van der Waals surface area contributed by atoms with Gasteiger partial charge in [-0.2, -0.15) is 0 Å². The third kappa shape index (κ3) is 3.91. The van der Waals surface area contributed by atoms with Crippen LogP contribution in [0.4, 0.5) is 10.1 Å². The highest BCUT2D eigenvalue weighted by Gasteiger charge is 2.27. The number of nitrogens with one attached hydrogen (secondary N) is 1. The summed E-state index contributed by atoms with van der Waals surface area (Å²) in [5.74, 6) is 3.84. The molecule has 2 heterocycles. The number of carboxylic acid groups (broad SMARTS) is 1. The van der Waals surface area contributed by atoms with Crippen molar-refractivity contribution >= 4 is 22.6 Å². The van der Waals surface area contributed by atoms with E-state index in [9.17, 15) is 14.7 Å². The van der Waals surface area contributed by atoms with E-state index >= 15 is 4.39 Å². The van der Waals surface area contributed by atoms with Crippen molar-refractivity contribution in [1.29, 1.82) is 0 Å². The number of rotatable bonds is 4. The van der Waals surface area contributed by atoms with E-state index in [4.69, 9.17) is 10.6 Å². The van der Waals surface area contributed by atoms with Crippen LogP contribution in [0.2, 0.25) is 0 Å². The highest BCUT2D eigenvalue weighted by atomic mass is 19.1. The number of methoxy groups -OCH3 is 1. The zero-order valence-electron chi connectivity index (χ0n) is 17.0. The van der Waals surface area contributed by atoms with Crippen molar-refractivity contribution in [2.45, 2.75) is 26.3 Å². The van der Waals surface area contributed by atoms with Gasteiger partial charge in [0.05, 0.1) is 18.0 Å². The van der Waals surface area contributed by atoms with E-state index in [0.717, 1.165) is 6.07 Å². The summed E-state index contributed by atoms with van der Waals surface area (Å²) in [5, 5.41) is 12.9. The van der Waals surface area contributed by atoms with Crippen molar-refractivity contribution in [3.8, 4) is 5.75 Å². The van der Waals surface area contributed by atoms with Crippen LogP contribution in [0.3, 0.4) is 0 Å². The van der Waals surface area contributed by atoms with E-state index in [1.807, 2.05) is 25.8 Å². The fourth-order valence-electron chi connectivity index (χ4n) is 3.40. The molecule has 3 rings (SSSR count). The molecule has 1 saturated heterocycles. The lowest BCUT2D eigenvalue weighted by atomic mass is 10.0. The van der Waals surface area contributed by atoms with Gasteiger partial charge in [-0.05, 0) is 26.8 Å². The van der Waals surface area contributed by atoms with E-state index in [1.165, 1.54) is 13.3 Å². The van der Waals surface area contributed by atoms with Crippen LogP contribution < -0.4 is 21.4 Å². The number of fused-ring (bicyclic) bond motifs is 1. The Hall–Kier alpha value is -2.69. The Labute approximate surface area is 167 Å². The molecule has 0 amide bonds. The number of anilines is 1. The molecule has 0 aliphatic carbocycles. The van der Waals surface area contributed by atoms with Gasteiger partial charge in [0.25, 0.3) is 0 Å². The SMILES string of the molecule is COc1c(NN2CCN(N)CC2)c(F)cc2c(=O)c(C(=O)O)cn(C(C)(C)C)c12. The highest BCUT2D eigenvalue weighted by molar-refractivity contribution is 5.97. The predicted molar refractivity (Wildman–Crippen MR) is 108 cm³/mol. The second-order valence-corrected chi connectivity index (χ2v) is 8.02. The molecule has 4 N–H and O–H groups in total. The minimum atomic E-state index is -1.36. The van der Waals surface area contributed by atoms with Gasteiger partial charge < -0.3 is 19.8 Å². The van der Waals surface area contributed by atoms with Crippen molar-refractivity contribution in [2.75, 3.05) is 38.7 Å². The number of aromatic nitrogens is 1. The lowest BCUT2D eigenvalue weighted by Gasteiger charge is -2.33. The fourth-order valence-corrected chi connectivity index (χ4v) is 3.40. The topological polar surface area (TPSA) is 113 Å². The van der Waals surface area contributed by atoms with Crippen LogP contribution in [0.5, 0.6) is 5.75 Å². The Kier molecular flexibility index (Phi) is 5.52. The Balaban J connectivity index is 2.27.